The first-order valence-corrected chi connectivity index (χ1v) is 7.09. The highest BCUT2D eigenvalue weighted by atomic mass is 79.9. The van der Waals surface area contributed by atoms with E-state index in [2.05, 4.69) is 44.9 Å². The molecule has 1 fully saturated rings. The van der Waals surface area contributed by atoms with Gasteiger partial charge in [-0.3, -0.25) is 4.90 Å². The van der Waals surface area contributed by atoms with E-state index in [-0.39, 0.29) is 0 Å². The molecule has 0 amide bonds. The van der Waals surface area contributed by atoms with Crippen LogP contribution in [0, 0.1) is 0 Å². The van der Waals surface area contributed by atoms with Crippen molar-refractivity contribution < 1.29 is 4.42 Å². The minimum atomic E-state index is 0.960. The summed E-state index contributed by atoms with van der Waals surface area (Å²) >= 11 is 3.53. The molecule has 2 heterocycles. The van der Waals surface area contributed by atoms with Crippen molar-refractivity contribution in [2.75, 3.05) is 33.2 Å². The molecule has 3 rings (SSSR count). The zero-order valence-electron chi connectivity index (χ0n) is 10.5. The summed E-state index contributed by atoms with van der Waals surface area (Å²) in [6.07, 6.45) is 1.90. The largest absolute Gasteiger partial charge is 0.463 e. The Hall–Kier alpha value is -0.840. The Morgan fingerprint density at radius 2 is 2.00 bits per heavy atom. The number of fused-ring (bicyclic) bond motifs is 1. The molecule has 3 nitrogen and oxygen atoms in total. The molecule has 96 valence electrons. The SMILES string of the molecule is CN1CCN(Cc2coc3c(Br)cccc23)CC1. The fourth-order valence-electron chi connectivity index (χ4n) is 2.44. The van der Waals surface area contributed by atoms with Gasteiger partial charge in [-0.15, -0.1) is 0 Å². The third-order valence-corrected chi connectivity index (χ3v) is 4.25. The lowest BCUT2D eigenvalue weighted by Crippen LogP contribution is -2.43. The fourth-order valence-corrected chi connectivity index (χ4v) is 2.90. The van der Waals surface area contributed by atoms with E-state index in [4.69, 9.17) is 4.42 Å². The first-order valence-electron chi connectivity index (χ1n) is 6.29. The molecule has 1 aromatic carbocycles. The van der Waals surface area contributed by atoms with Crippen LogP contribution in [0.25, 0.3) is 11.0 Å². The van der Waals surface area contributed by atoms with E-state index in [9.17, 15) is 0 Å². The minimum Gasteiger partial charge on any atom is -0.463 e. The molecule has 0 saturated carbocycles. The first kappa shape index (κ1) is 12.2. The maximum Gasteiger partial charge on any atom is 0.148 e. The van der Waals surface area contributed by atoms with Crippen molar-refractivity contribution in [1.82, 2.24) is 9.80 Å². The molecule has 0 bridgehead atoms. The predicted molar refractivity (Wildman–Crippen MR) is 76.7 cm³/mol. The van der Waals surface area contributed by atoms with E-state index in [1.165, 1.54) is 10.9 Å². The number of furan rings is 1. The lowest BCUT2D eigenvalue weighted by Gasteiger charge is -2.32. The van der Waals surface area contributed by atoms with Gasteiger partial charge in [-0.25, -0.2) is 0 Å². The molecule has 4 heteroatoms. The number of benzene rings is 1. The van der Waals surface area contributed by atoms with Gasteiger partial charge in [0.05, 0.1) is 10.7 Å². The molecular formula is C14H17BrN2O. The van der Waals surface area contributed by atoms with Gasteiger partial charge in [-0.1, -0.05) is 12.1 Å². The molecule has 0 aliphatic carbocycles. The Kier molecular flexibility index (Phi) is 3.41. The quantitative estimate of drug-likeness (QED) is 0.850. The summed E-state index contributed by atoms with van der Waals surface area (Å²) in [5.41, 5.74) is 2.25. The summed E-state index contributed by atoms with van der Waals surface area (Å²) in [5, 5.41) is 1.23. The molecule has 0 unspecified atom stereocenters. The minimum absolute atomic E-state index is 0.960. The van der Waals surface area contributed by atoms with Crippen LogP contribution in [0.1, 0.15) is 5.56 Å². The predicted octanol–water partition coefficient (Wildman–Crippen LogP) is 2.94. The Morgan fingerprint density at radius 1 is 1.22 bits per heavy atom. The molecule has 0 atom stereocenters. The summed E-state index contributed by atoms with van der Waals surface area (Å²) < 4.78 is 6.69. The average Bonchev–Trinajstić information content (AvgIpc) is 2.77. The number of para-hydroxylation sites is 1. The number of rotatable bonds is 2. The van der Waals surface area contributed by atoms with Crippen molar-refractivity contribution in [2.45, 2.75) is 6.54 Å². The van der Waals surface area contributed by atoms with Crippen LogP contribution in [0.3, 0.4) is 0 Å². The van der Waals surface area contributed by atoms with Gasteiger partial charge >= 0.3 is 0 Å². The fraction of sp³-hybridized carbons (Fsp3) is 0.429. The average molecular weight is 309 g/mol. The van der Waals surface area contributed by atoms with Gasteiger partial charge in [0, 0.05) is 43.7 Å². The first-order chi connectivity index (χ1) is 8.74. The monoisotopic (exact) mass is 308 g/mol. The van der Waals surface area contributed by atoms with Crippen LogP contribution < -0.4 is 0 Å². The van der Waals surface area contributed by atoms with Crippen molar-refractivity contribution in [1.29, 1.82) is 0 Å². The highest BCUT2D eigenvalue weighted by Crippen LogP contribution is 2.28. The molecule has 1 saturated heterocycles. The number of likely N-dealkylation sites (N-methyl/N-ethyl adjacent to an activating group) is 1. The second kappa shape index (κ2) is 5.03. The zero-order chi connectivity index (χ0) is 12.5. The molecule has 18 heavy (non-hydrogen) atoms. The normalized spacial score (nSPS) is 18.6. The Morgan fingerprint density at radius 3 is 2.78 bits per heavy atom. The molecule has 1 aliphatic rings. The summed E-state index contributed by atoms with van der Waals surface area (Å²) in [6, 6.07) is 6.22. The number of piperazine rings is 1. The van der Waals surface area contributed by atoms with E-state index >= 15 is 0 Å². The van der Waals surface area contributed by atoms with Crippen LogP contribution in [0.2, 0.25) is 0 Å². The molecule has 1 aromatic heterocycles. The Labute approximate surface area is 115 Å². The van der Waals surface area contributed by atoms with Gasteiger partial charge in [-0.05, 0) is 29.0 Å². The van der Waals surface area contributed by atoms with Crippen molar-refractivity contribution in [3.63, 3.8) is 0 Å². The number of halogens is 1. The topological polar surface area (TPSA) is 19.6 Å². The smallest absolute Gasteiger partial charge is 0.148 e. The third-order valence-electron chi connectivity index (χ3n) is 3.62. The van der Waals surface area contributed by atoms with Crippen molar-refractivity contribution in [3.8, 4) is 0 Å². The van der Waals surface area contributed by atoms with E-state index in [1.54, 1.807) is 0 Å². The second-order valence-electron chi connectivity index (χ2n) is 4.96. The van der Waals surface area contributed by atoms with Gasteiger partial charge in [0.15, 0.2) is 0 Å². The number of hydrogen-bond acceptors (Lipinski definition) is 3. The summed E-state index contributed by atoms with van der Waals surface area (Å²) in [6.45, 7) is 5.56. The third kappa shape index (κ3) is 2.32. The number of nitrogens with zero attached hydrogens (tertiary/aromatic N) is 2. The van der Waals surface area contributed by atoms with Crippen LogP contribution in [-0.2, 0) is 6.54 Å². The number of hydrogen-bond donors (Lipinski definition) is 0. The summed E-state index contributed by atoms with van der Waals surface area (Å²) in [5.74, 6) is 0. The van der Waals surface area contributed by atoms with E-state index < -0.39 is 0 Å². The lowest BCUT2D eigenvalue weighted by atomic mass is 10.1. The molecule has 2 aromatic rings. The molecule has 1 aliphatic heterocycles. The maximum atomic E-state index is 5.66. The van der Waals surface area contributed by atoms with Crippen molar-refractivity contribution >= 4 is 26.9 Å². The molecule has 0 radical (unpaired) electrons. The molecule has 0 spiro atoms. The highest BCUT2D eigenvalue weighted by Gasteiger charge is 2.16. The Bertz CT molecular complexity index is 544. The van der Waals surface area contributed by atoms with Crippen LogP contribution in [0.15, 0.2) is 33.4 Å². The van der Waals surface area contributed by atoms with E-state index in [1.807, 2.05) is 12.3 Å². The van der Waals surface area contributed by atoms with Crippen LogP contribution in [0.4, 0.5) is 0 Å². The standard InChI is InChI=1S/C14H17BrN2O/c1-16-5-7-17(8-6-16)9-11-10-18-14-12(11)3-2-4-13(14)15/h2-4,10H,5-9H2,1H3. The van der Waals surface area contributed by atoms with E-state index in [0.717, 1.165) is 42.8 Å². The maximum absolute atomic E-state index is 5.66. The van der Waals surface area contributed by atoms with Gasteiger partial charge in [0.25, 0.3) is 0 Å². The zero-order valence-corrected chi connectivity index (χ0v) is 12.1. The summed E-state index contributed by atoms with van der Waals surface area (Å²) in [7, 11) is 2.18. The lowest BCUT2D eigenvalue weighted by molar-refractivity contribution is 0.148. The summed E-state index contributed by atoms with van der Waals surface area (Å²) in [4.78, 5) is 4.87. The van der Waals surface area contributed by atoms with E-state index in [0.29, 0.717) is 0 Å². The van der Waals surface area contributed by atoms with Gasteiger partial charge in [0.2, 0.25) is 0 Å². The van der Waals surface area contributed by atoms with Crippen LogP contribution in [-0.4, -0.2) is 43.0 Å². The van der Waals surface area contributed by atoms with Crippen LogP contribution in [0.5, 0.6) is 0 Å². The van der Waals surface area contributed by atoms with Crippen LogP contribution >= 0.6 is 15.9 Å². The molecular weight excluding hydrogens is 292 g/mol. The van der Waals surface area contributed by atoms with Crippen molar-refractivity contribution in [2.24, 2.45) is 0 Å². The van der Waals surface area contributed by atoms with Gasteiger partial charge < -0.3 is 9.32 Å². The second-order valence-corrected chi connectivity index (χ2v) is 5.81. The van der Waals surface area contributed by atoms with Crippen molar-refractivity contribution in [3.05, 3.63) is 34.5 Å². The Balaban J connectivity index is 1.81. The van der Waals surface area contributed by atoms with Gasteiger partial charge in [-0.2, -0.15) is 0 Å². The van der Waals surface area contributed by atoms with Gasteiger partial charge in [0.1, 0.15) is 5.58 Å². The molecule has 0 N–H and O–H groups in total. The highest BCUT2D eigenvalue weighted by molar-refractivity contribution is 9.10.